The van der Waals surface area contributed by atoms with Gasteiger partial charge in [0, 0.05) is 6.20 Å². The van der Waals surface area contributed by atoms with Crippen LogP contribution in [0.15, 0.2) is 30.6 Å². The fourth-order valence-corrected chi connectivity index (χ4v) is 3.08. The van der Waals surface area contributed by atoms with Gasteiger partial charge in [-0.2, -0.15) is 5.10 Å². The molecule has 1 aromatic carbocycles. The molecule has 22 heavy (non-hydrogen) atoms. The number of rotatable bonds is 5. The van der Waals surface area contributed by atoms with Crippen LogP contribution < -0.4 is 11.1 Å². The van der Waals surface area contributed by atoms with Crippen molar-refractivity contribution < 1.29 is 4.79 Å². The fraction of sp³-hybridized carbons (Fsp3) is 0.267. The van der Waals surface area contributed by atoms with E-state index in [9.17, 15) is 4.79 Å². The molecule has 3 aromatic rings. The molecule has 2 aromatic heterocycles. The second-order valence-corrected chi connectivity index (χ2v) is 6.33. The molecule has 0 saturated heterocycles. The van der Waals surface area contributed by atoms with Crippen molar-refractivity contribution in [2.24, 2.45) is 5.73 Å². The number of nitrogens with one attached hydrogen (secondary N) is 2. The smallest absolute Gasteiger partial charge is 0.237 e. The molecule has 4 N–H and O–H groups in total. The zero-order valence-corrected chi connectivity index (χ0v) is 13.0. The summed E-state index contributed by atoms with van der Waals surface area (Å²) in [5.41, 5.74) is 8.96. The van der Waals surface area contributed by atoms with Crippen molar-refractivity contribution >= 4 is 27.5 Å². The highest BCUT2D eigenvalue weighted by molar-refractivity contribution is 7.18. The first-order valence-electron chi connectivity index (χ1n) is 6.99. The minimum Gasteiger partial charge on any atom is -0.348 e. The summed E-state index contributed by atoms with van der Waals surface area (Å²) in [6.45, 7) is 2.44. The Kier molecular flexibility index (Phi) is 4.17. The number of hydrogen-bond donors (Lipinski definition) is 3. The van der Waals surface area contributed by atoms with E-state index < -0.39 is 6.04 Å². The Hall–Kier alpha value is -2.25. The van der Waals surface area contributed by atoms with Crippen LogP contribution in [0.5, 0.6) is 0 Å². The summed E-state index contributed by atoms with van der Waals surface area (Å²) in [5, 5.41) is 10.3. The summed E-state index contributed by atoms with van der Waals surface area (Å²) in [4.78, 5) is 16.6. The fourth-order valence-electron chi connectivity index (χ4n) is 2.19. The van der Waals surface area contributed by atoms with E-state index in [0.29, 0.717) is 13.0 Å². The third-order valence-corrected chi connectivity index (χ3v) is 4.38. The molecule has 0 bridgehead atoms. The second-order valence-electron chi connectivity index (χ2n) is 5.21. The Bertz CT molecular complexity index is 780. The first-order chi connectivity index (χ1) is 10.6. The molecule has 1 atom stereocenters. The van der Waals surface area contributed by atoms with Crippen molar-refractivity contribution in [3.63, 3.8) is 0 Å². The van der Waals surface area contributed by atoms with Gasteiger partial charge < -0.3 is 11.1 Å². The van der Waals surface area contributed by atoms with Gasteiger partial charge in [0.1, 0.15) is 5.01 Å². The average Bonchev–Trinajstić information content (AvgIpc) is 3.13. The lowest BCUT2D eigenvalue weighted by Crippen LogP contribution is -2.41. The average molecular weight is 315 g/mol. The number of amides is 1. The summed E-state index contributed by atoms with van der Waals surface area (Å²) < 4.78 is 1.12. The third kappa shape index (κ3) is 3.32. The zero-order valence-electron chi connectivity index (χ0n) is 12.2. The Morgan fingerprint density at radius 3 is 3.14 bits per heavy atom. The maximum atomic E-state index is 12.0. The molecule has 1 amide bonds. The summed E-state index contributed by atoms with van der Waals surface area (Å²) in [5.74, 6) is -0.184. The van der Waals surface area contributed by atoms with E-state index in [1.165, 1.54) is 5.56 Å². The van der Waals surface area contributed by atoms with Gasteiger partial charge in [-0.05, 0) is 36.6 Å². The number of H-pyrrole nitrogens is 1. The van der Waals surface area contributed by atoms with Crippen molar-refractivity contribution in [1.29, 1.82) is 0 Å². The zero-order chi connectivity index (χ0) is 15.5. The lowest BCUT2D eigenvalue weighted by molar-refractivity contribution is -0.122. The number of thiazole rings is 1. The monoisotopic (exact) mass is 315 g/mol. The molecule has 1 unspecified atom stereocenters. The van der Waals surface area contributed by atoms with Crippen molar-refractivity contribution in [3.8, 4) is 0 Å². The van der Waals surface area contributed by atoms with Gasteiger partial charge in [0.25, 0.3) is 0 Å². The number of carbonyl (C=O) groups excluding carboxylic acids is 1. The van der Waals surface area contributed by atoms with Gasteiger partial charge in [0.2, 0.25) is 5.91 Å². The van der Waals surface area contributed by atoms with Crippen molar-refractivity contribution in [3.05, 3.63) is 46.7 Å². The predicted octanol–water partition coefficient (Wildman–Crippen LogP) is 1.51. The first kappa shape index (κ1) is 14.7. The van der Waals surface area contributed by atoms with E-state index >= 15 is 0 Å². The van der Waals surface area contributed by atoms with E-state index in [4.69, 9.17) is 5.73 Å². The molecule has 0 radical (unpaired) electrons. The van der Waals surface area contributed by atoms with Crippen LogP contribution in [0.25, 0.3) is 10.2 Å². The number of nitrogens with zero attached hydrogens (tertiary/aromatic N) is 2. The molecular weight excluding hydrogens is 298 g/mol. The Morgan fingerprint density at radius 1 is 1.50 bits per heavy atom. The molecule has 0 aliphatic heterocycles. The van der Waals surface area contributed by atoms with Crippen molar-refractivity contribution in [2.75, 3.05) is 0 Å². The summed E-state index contributed by atoms with van der Waals surface area (Å²) in [6, 6.07) is 5.57. The molecule has 2 heterocycles. The number of aromatic nitrogens is 3. The molecule has 0 aliphatic rings. The van der Waals surface area contributed by atoms with Gasteiger partial charge in [0.05, 0.1) is 29.0 Å². The molecule has 0 saturated carbocycles. The molecule has 3 rings (SSSR count). The Balaban J connectivity index is 1.59. The van der Waals surface area contributed by atoms with Crippen molar-refractivity contribution in [1.82, 2.24) is 20.5 Å². The summed E-state index contributed by atoms with van der Waals surface area (Å²) in [7, 11) is 0. The van der Waals surface area contributed by atoms with Crippen LogP contribution >= 0.6 is 11.3 Å². The minimum absolute atomic E-state index is 0.184. The van der Waals surface area contributed by atoms with Gasteiger partial charge in [-0.1, -0.05) is 6.07 Å². The topological polar surface area (TPSA) is 96.7 Å². The largest absolute Gasteiger partial charge is 0.348 e. The van der Waals surface area contributed by atoms with E-state index in [2.05, 4.69) is 32.6 Å². The van der Waals surface area contributed by atoms with Crippen LogP contribution in [0.2, 0.25) is 0 Å². The SMILES string of the molecule is Cc1ccc2sc(CNC(=O)C(N)Cc3cn[nH]c3)nc2c1. The number of aryl methyl sites for hydroxylation is 1. The van der Waals surface area contributed by atoms with Crippen LogP contribution in [0.4, 0.5) is 0 Å². The van der Waals surface area contributed by atoms with E-state index in [1.807, 2.05) is 13.0 Å². The van der Waals surface area contributed by atoms with E-state index in [0.717, 1.165) is 20.8 Å². The highest BCUT2D eigenvalue weighted by Crippen LogP contribution is 2.22. The maximum absolute atomic E-state index is 12.0. The lowest BCUT2D eigenvalue weighted by atomic mass is 10.1. The summed E-state index contributed by atoms with van der Waals surface area (Å²) >= 11 is 1.58. The Labute approximate surface area is 131 Å². The van der Waals surface area contributed by atoms with Gasteiger partial charge >= 0.3 is 0 Å². The normalized spacial score (nSPS) is 12.5. The third-order valence-electron chi connectivity index (χ3n) is 3.35. The number of hydrogen-bond acceptors (Lipinski definition) is 5. The predicted molar refractivity (Wildman–Crippen MR) is 86.5 cm³/mol. The van der Waals surface area contributed by atoms with E-state index in [-0.39, 0.29) is 5.91 Å². The maximum Gasteiger partial charge on any atom is 0.237 e. The van der Waals surface area contributed by atoms with Gasteiger partial charge in [-0.3, -0.25) is 9.89 Å². The number of carbonyl (C=O) groups is 1. The van der Waals surface area contributed by atoms with Crippen LogP contribution in [0.1, 0.15) is 16.1 Å². The van der Waals surface area contributed by atoms with E-state index in [1.54, 1.807) is 23.7 Å². The standard InChI is InChI=1S/C15H17N5OS/c1-9-2-3-13-12(4-9)20-14(22-13)8-17-15(21)11(16)5-10-6-18-19-7-10/h2-4,6-7,11H,5,8,16H2,1H3,(H,17,21)(H,18,19). The molecule has 7 heteroatoms. The molecular formula is C15H17N5OS. The molecule has 0 spiro atoms. The number of fused-ring (bicyclic) bond motifs is 1. The van der Waals surface area contributed by atoms with Gasteiger partial charge in [-0.25, -0.2) is 4.98 Å². The summed E-state index contributed by atoms with van der Waals surface area (Å²) in [6.07, 6.45) is 3.87. The van der Waals surface area contributed by atoms with Crippen LogP contribution in [0.3, 0.4) is 0 Å². The van der Waals surface area contributed by atoms with Crippen LogP contribution in [-0.4, -0.2) is 27.1 Å². The molecule has 114 valence electrons. The highest BCUT2D eigenvalue weighted by atomic mass is 32.1. The molecule has 0 fully saturated rings. The number of benzene rings is 1. The van der Waals surface area contributed by atoms with Gasteiger partial charge in [0.15, 0.2) is 0 Å². The number of nitrogens with two attached hydrogens (primary N) is 1. The van der Waals surface area contributed by atoms with Crippen LogP contribution in [0, 0.1) is 6.92 Å². The minimum atomic E-state index is -0.589. The van der Waals surface area contributed by atoms with Gasteiger partial charge in [-0.15, -0.1) is 11.3 Å². The van der Waals surface area contributed by atoms with Crippen LogP contribution in [-0.2, 0) is 17.8 Å². The molecule has 6 nitrogen and oxygen atoms in total. The van der Waals surface area contributed by atoms with Crippen molar-refractivity contribution in [2.45, 2.75) is 25.9 Å². The number of aromatic amines is 1. The highest BCUT2D eigenvalue weighted by Gasteiger charge is 2.15. The second kappa shape index (κ2) is 6.25. The first-order valence-corrected chi connectivity index (χ1v) is 7.80. The quantitative estimate of drug-likeness (QED) is 0.665. The lowest BCUT2D eigenvalue weighted by Gasteiger charge is -2.10. The molecule has 0 aliphatic carbocycles. The Morgan fingerprint density at radius 2 is 2.36 bits per heavy atom.